The van der Waals surface area contributed by atoms with Crippen LogP contribution in [0.4, 0.5) is 18.9 Å². The molecule has 2 aromatic carbocycles. The number of nitrogens with one attached hydrogen (secondary N) is 1. The summed E-state index contributed by atoms with van der Waals surface area (Å²) >= 11 is 0. The van der Waals surface area contributed by atoms with E-state index in [1.54, 1.807) is 19.1 Å². The van der Waals surface area contributed by atoms with Crippen molar-refractivity contribution in [3.05, 3.63) is 75.1 Å². The Bertz CT molecular complexity index is 1070. The molecule has 0 atom stereocenters. The summed E-state index contributed by atoms with van der Waals surface area (Å²) in [4.78, 5) is 24.6. The Morgan fingerprint density at radius 1 is 1.08 bits per heavy atom. The van der Waals surface area contributed by atoms with E-state index in [1.807, 2.05) is 6.92 Å². The zero-order valence-corrected chi connectivity index (χ0v) is 13.9. The number of fused-ring (bicyclic) bond motifs is 1. The Kier molecular flexibility index (Phi) is 4.31. The minimum absolute atomic E-state index is 0.242. The molecule has 3 aromatic rings. The lowest BCUT2D eigenvalue weighted by Gasteiger charge is -2.13. The highest BCUT2D eigenvalue weighted by Gasteiger charge is 2.33. The first-order chi connectivity index (χ1) is 12.2. The van der Waals surface area contributed by atoms with E-state index in [2.05, 4.69) is 5.32 Å². The molecule has 26 heavy (non-hydrogen) atoms. The highest BCUT2D eigenvalue weighted by atomic mass is 19.4. The predicted octanol–water partition coefficient (Wildman–Crippen LogP) is 4.68. The van der Waals surface area contributed by atoms with E-state index >= 15 is 0 Å². The molecule has 1 amide bonds. The molecule has 134 valence electrons. The van der Waals surface area contributed by atoms with E-state index in [0.717, 1.165) is 23.8 Å². The molecule has 0 fully saturated rings. The number of halogens is 3. The van der Waals surface area contributed by atoms with Crippen molar-refractivity contribution in [3.63, 3.8) is 0 Å². The molecule has 0 saturated heterocycles. The Labute approximate surface area is 146 Å². The molecule has 4 nitrogen and oxygen atoms in total. The van der Waals surface area contributed by atoms with Crippen molar-refractivity contribution in [2.24, 2.45) is 0 Å². The quantitative estimate of drug-likeness (QED) is 0.721. The standard InChI is InChI=1S/C19H14F3NO3/c1-10-7-8-12-15(24)9-16(26-17(12)11(10)2)18(25)23-14-6-4-3-5-13(14)19(20,21)22/h3-9H,1-2H3,(H,23,25). The van der Waals surface area contributed by atoms with Crippen LogP contribution >= 0.6 is 0 Å². The fourth-order valence-corrected chi connectivity index (χ4v) is 2.59. The molecule has 0 spiro atoms. The Morgan fingerprint density at radius 2 is 1.77 bits per heavy atom. The molecule has 1 heterocycles. The maximum atomic E-state index is 13.0. The number of rotatable bonds is 2. The number of hydrogen-bond donors (Lipinski definition) is 1. The van der Waals surface area contributed by atoms with Crippen molar-refractivity contribution in [1.29, 1.82) is 0 Å². The van der Waals surface area contributed by atoms with Crippen molar-refractivity contribution in [3.8, 4) is 0 Å². The molecule has 1 aromatic heterocycles. The van der Waals surface area contributed by atoms with Crippen LogP contribution in [0, 0.1) is 13.8 Å². The van der Waals surface area contributed by atoms with Gasteiger partial charge in [0.05, 0.1) is 16.6 Å². The molecule has 0 saturated carbocycles. The summed E-state index contributed by atoms with van der Waals surface area (Å²) in [6, 6.07) is 8.91. The molecule has 7 heteroatoms. The Balaban J connectivity index is 2.05. The number of benzene rings is 2. The summed E-state index contributed by atoms with van der Waals surface area (Å²) < 4.78 is 44.7. The van der Waals surface area contributed by atoms with Crippen molar-refractivity contribution in [1.82, 2.24) is 0 Å². The van der Waals surface area contributed by atoms with Crippen molar-refractivity contribution in [2.75, 3.05) is 5.32 Å². The number of alkyl halides is 3. The fourth-order valence-electron chi connectivity index (χ4n) is 2.59. The maximum Gasteiger partial charge on any atom is 0.418 e. The average molecular weight is 361 g/mol. The van der Waals surface area contributed by atoms with Gasteiger partial charge in [0.2, 0.25) is 0 Å². The van der Waals surface area contributed by atoms with E-state index in [-0.39, 0.29) is 11.3 Å². The highest BCUT2D eigenvalue weighted by molar-refractivity contribution is 6.03. The van der Waals surface area contributed by atoms with Gasteiger partial charge in [0, 0.05) is 6.07 Å². The third-order valence-corrected chi connectivity index (χ3v) is 4.12. The van der Waals surface area contributed by atoms with Crippen molar-refractivity contribution >= 4 is 22.6 Å². The van der Waals surface area contributed by atoms with Gasteiger partial charge in [-0.3, -0.25) is 9.59 Å². The average Bonchev–Trinajstić information content (AvgIpc) is 2.57. The molecule has 1 N–H and O–H groups in total. The van der Waals surface area contributed by atoms with Crippen LogP contribution in [-0.4, -0.2) is 5.91 Å². The number of anilines is 1. The molecular weight excluding hydrogens is 347 g/mol. The predicted molar refractivity (Wildman–Crippen MR) is 91.4 cm³/mol. The summed E-state index contributed by atoms with van der Waals surface area (Å²) in [5, 5.41) is 2.47. The number of amides is 1. The van der Waals surface area contributed by atoms with E-state index in [4.69, 9.17) is 4.42 Å². The maximum absolute atomic E-state index is 13.0. The van der Waals surface area contributed by atoms with Gasteiger partial charge in [0.15, 0.2) is 11.2 Å². The highest BCUT2D eigenvalue weighted by Crippen LogP contribution is 2.34. The van der Waals surface area contributed by atoms with Gasteiger partial charge in [-0.15, -0.1) is 0 Å². The number of aryl methyl sites for hydroxylation is 2. The first-order valence-corrected chi connectivity index (χ1v) is 7.70. The number of hydrogen-bond acceptors (Lipinski definition) is 3. The zero-order chi connectivity index (χ0) is 19.1. The normalized spacial score (nSPS) is 11.6. The minimum Gasteiger partial charge on any atom is -0.450 e. The summed E-state index contributed by atoms with van der Waals surface area (Å²) in [7, 11) is 0. The van der Waals surface area contributed by atoms with Gasteiger partial charge in [-0.25, -0.2) is 0 Å². The van der Waals surface area contributed by atoms with Crippen LogP contribution in [0.3, 0.4) is 0 Å². The fraction of sp³-hybridized carbons (Fsp3) is 0.158. The van der Waals surface area contributed by atoms with Gasteiger partial charge in [0.25, 0.3) is 5.91 Å². The molecule has 3 rings (SSSR count). The van der Waals surface area contributed by atoms with Crippen molar-refractivity contribution < 1.29 is 22.4 Å². The molecule has 0 bridgehead atoms. The van der Waals surface area contributed by atoms with E-state index < -0.39 is 28.8 Å². The van der Waals surface area contributed by atoms with E-state index in [9.17, 15) is 22.8 Å². The summed E-state index contributed by atoms with van der Waals surface area (Å²) in [6.07, 6.45) is -4.62. The third-order valence-electron chi connectivity index (χ3n) is 4.12. The van der Waals surface area contributed by atoms with Crippen LogP contribution in [0.2, 0.25) is 0 Å². The SMILES string of the molecule is Cc1ccc2c(=O)cc(C(=O)Nc3ccccc3C(F)(F)F)oc2c1C. The lowest BCUT2D eigenvalue weighted by molar-refractivity contribution is -0.136. The van der Waals surface area contributed by atoms with Gasteiger partial charge in [0.1, 0.15) is 5.58 Å². The van der Waals surface area contributed by atoms with Crippen LogP contribution in [0.25, 0.3) is 11.0 Å². The largest absolute Gasteiger partial charge is 0.450 e. The second kappa shape index (κ2) is 6.33. The van der Waals surface area contributed by atoms with Crippen LogP contribution < -0.4 is 10.7 Å². The lowest BCUT2D eigenvalue weighted by Crippen LogP contribution is -2.18. The zero-order valence-electron chi connectivity index (χ0n) is 13.9. The molecule has 0 radical (unpaired) electrons. The Morgan fingerprint density at radius 3 is 2.46 bits per heavy atom. The van der Waals surface area contributed by atoms with Crippen LogP contribution in [0.15, 0.2) is 51.7 Å². The summed E-state index contributed by atoms with van der Waals surface area (Å²) in [5.41, 5.74) is -0.0434. The molecule has 0 unspecified atom stereocenters. The molecule has 0 aliphatic carbocycles. The topological polar surface area (TPSA) is 59.3 Å². The summed E-state index contributed by atoms with van der Waals surface area (Å²) in [5.74, 6) is -1.28. The van der Waals surface area contributed by atoms with E-state index in [1.165, 1.54) is 12.1 Å². The van der Waals surface area contributed by atoms with Crippen molar-refractivity contribution in [2.45, 2.75) is 20.0 Å². The van der Waals surface area contributed by atoms with Gasteiger partial charge < -0.3 is 9.73 Å². The van der Waals surface area contributed by atoms with Gasteiger partial charge in [-0.1, -0.05) is 18.2 Å². The van der Waals surface area contributed by atoms with Crippen LogP contribution in [-0.2, 0) is 6.18 Å². The minimum atomic E-state index is -4.62. The van der Waals surface area contributed by atoms with Crippen LogP contribution in [0.5, 0.6) is 0 Å². The van der Waals surface area contributed by atoms with Gasteiger partial charge >= 0.3 is 6.18 Å². The molecular formula is C19H14F3NO3. The number of carbonyl (C=O) groups excluding carboxylic acids is 1. The molecule has 0 aliphatic rings. The van der Waals surface area contributed by atoms with Crippen LogP contribution in [0.1, 0.15) is 27.2 Å². The monoisotopic (exact) mass is 361 g/mol. The van der Waals surface area contributed by atoms with E-state index in [0.29, 0.717) is 10.9 Å². The summed E-state index contributed by atoms with van der Waals surface area (Å²) in [6.45, 7) is 3.56. The Hall–Kier alpha value is -3.09. The third kappa shape index (κ3) is 3.20. The van der Waals surface area contributed by atoms with Gasteiger partial charge in [-0.05, 0) is 43.2 Å². The molecule has 0 aliphatic heterocycles. The first kappa shape index (κ1) is 17.7. The second-order valence-corrected chi connectivity index (χ2v) is 5.86. The number of para-hydroxylation sites is 1. The smallest absolute Gasteiger partial charge is 0.418 e. The van der Waals surface area contributed by atoms with Gasteiger partial charge in [-0.2, -0.15) is 13.2 Å². The lowest BCUT2D eigenvalue weighted by atomic mass is 10.1. The second-order valence-electron chi connectivity index (χ2n) is 5.86. The number of carbonyl (C=O) groups is 1. The first-order valence-electron chi connectivity index (χ1n) is 7.70.